The van der Waals surface area contributed by atoms with Crippen LogP contribution in [0, 0.1) is 34.5 Å². The van der Waals surface area contributed by atoms with Crippen molar-refractivity contribution >= 4 is 0 Å². The van der Waals surface area contributed by atoms with Crippen LogP contribution in [-0.2, 0) is 0 Å². The molecule has 8 atom stereocenters. The Labute approximate surface area is 168 Å². The Balaban J connectivity index is 1.48. The molecule has 0 spiro atoms. The minimum Gasteiger partial charge on any atom is -0.431 e. The second kappa shape index (κ2) is 6.20. The molecule has 4 fully saturated rings. The number of rotatable bonds is 1. The first-order valence-corrected chi connectivity index (χ1v) is 11.6. The summed E-state index contributed by atoms with van der Waals surface area (Å²) in [7, 11) is 0. The van der Waals surface area contributed by atoms with E-state index in [1.165, 1.54) is 44.6 Å². The highest BCUT2D eigenvalue weighted by atomic mass is 16.4. The van der Waals surface area contributed by atoms with E-state index >= 15 is 0 Å². The molecule has 1 heterocycles. The summed E-state index contributed by atoms with van der Waals surface area (Å²) in [5.41, 5.74) is 0.545. The summed E-state index contributed by atoms with van der Waals surface area (Å²) in [6, 6.07) is 3.47. The summed E-state index contributed by atoms with van der Waals surface area (Å²) in [6.07, 6.45) is 12.5. The van der Waals surface area contributed by atoms with Gasteiger partial charge in [-0.2, -0.15) is 0 Å². The Morgan fingerprint density at radius 3 is 2.57 bits per heavy atom. The van der Waals surface area contributed by atoms with Gasteiger partial charge in [-0.1, -0.05) is 27.2 Å². The Morgan fingerprint density at radius 1 is 1.00 bits per heavy atom. The molecule has 3 heteroatoms. The second-order valence-electron chi connectivity index (χ2n) is 11.2. The third kappa shape index (κ3) is 2.41. The maximum atomic E-state index is 12.2. The van der Waals surface area contributed by atoms with Crippen molar-refractivity contribution in [2.24, 2.45) is 34.5 Å². The van der Waals surface area contributed by atoms with Crippen LogP contribution in [0.1, 0.15) is 90.0 Å². The third-order valence-corrected chi connectivity index (χ3v) is 10.2. The lowest BCUT2D eigenvalue weighted by atomic mass is 9.43. The summed E-state index contributed by atoms with van der Waals surface area (Å²) in [5, 5.41) is 12.2. The standard InChI is InChI=1S/C25H36O3/c1-16-8-11-23(2)18(14-16)5-6-21-20(23)9-12-24(3)19(10-13-25(21,24)27)17-4-7-22(26)28-15-17/h4,7,15-16,18-21,27H,5-6,8-14H2,1-3H3. The quantitative estimate of drug-likeness (QED) is 0.694. The van der Waals surface area contributed by atoms with Crippen LogP contribution < -0.4 is 5.63 Å². The van der Waals surface area contributed by atoms with Gasteiger partial charge in [0.25, 0.3) is 0 Å². The fourth-order valence-electron chi connectivity index (χ4n) is 8.54. The largest absolute Gasteiger partial charge is 0.431 e. The molecule has 5 rings (SSSR count). The van der Waals surface area contributed by atoms with Crippen LogP contribution in [0.25, 0.3) is 0 Å². The highest BCUT2D eigenvalue weighted by Crippen LogP contribution is 2.70. The molecule has 0 aromatic carbocycles. The van der Waals surface area contributed by atoms with Crippen molar-refractivity contribution in [1.29, 1.82) is 0 Å². The van der Waals surface area contributed by atoms with Crippen molar-refractivity contribution in [1.82, 2.24) is 0 Å². The van der Waals surface area contributed by atoms with Gasteiger partial charge in [-0.15, -0.1) is 0 Å². The fourth-order valence-corrected chi connectivity index (χ4v) is 8.54. The maximum absolute atomic E-state index is 12.2. The molecule has 4 aliphatic carbocycles. The highest BCUT2D eigenvalue weighted by Gasteiger charge is 2.67. The zero-order valence-electron chi connectivity index (χ0n) is 17.7. The van der Waals surface area contributed by atoms with Gasteiger partial charge in [-0.3, -0.25) is 0 Å². The summed E-state index contributed by atoms with van der Waals surface area (Å²) < 4.78 is 5.19. The van der Waals surface area contributed by atoms with Crippen LogP contribution in [0.3, 0.4) is 0 Å². The number of hydrogen-bond acceptors (Lipinski definition) is 3. The zero-order chi connectivity index (χ0) is 19.7. The van der Waals surface area contributed by atoms with Gasteiger partial charge in [0.05, 0.1) is 11.9 Å². The van der Waals surface area contributed by atoms with Crippen LogP contribution in [-0.4, -0.2) is 10.7 Å². The van der Waals surface area contributed by atoms with Gasteiger partial charge in [0, 0.05) is 11.5 Å². The molecular formula is C25H36O3. The summed E-state index contributed by atoms with van der Waals surface area (Å²) in [6.45, 7) is 7.31. The van der Waals surface area contributed by atoms with Gasteiger partial charge in [0.15, 0.2) is 0 Å². The number of fused-ring (bicyclic) bond motifs is 5. The smallest absolute Gasteiger partial charge is 0.335 e. The van der Waals surface area contributed by atoms with Crippen LogP contribution in [0.4, 0.5) is 0 Å². The van der Waals surface area contributed by atoms with E-state index in [4.69, 9.17) is 4.42 Å². The van der Waals surface area contributed by atoms with E-state index in [-0.39, 0.29) is 11.0 Å². The first kappa shape index (κ1) is 18.9. The molecule has 0 aliphatic heterocycles. The van der Waals surface area contributed by atoms with Crippen molar-refractivity contribution in [3.05, 3.63) is 34.4 Å². The van der Waals surface area contributed by atoms with Gasteiger partial charge in [-0.05, 0) is 98.0 Å². The first-order chi connectivity index (χ1) is 13.3. The van der Waals surface area contributed by atoms with E-state index in [0.717, 1.165) is 36.7 Å². The first-order valence-electron chi connectivity index (χ1n) is 11.6. The molecule has 1 N–H and O–H groups in total. The van der Waals surface area contributed by atoms with Gasteiger partial charge in [-0.25, -0.2) is 4.79 Å². The predicted octanol–water partition coefficient (Wildman–Crippen LogP) is 5.52. The van der Waals surface area contributed by atoms with Crippen LogP contribution >= 0.6 is 0 Å². The lowest BCUT2D eigenvalue weighted by Gasteiger charge is -2.63. The second-order valence-corrected chi connectivity index (χ2v) is 11.2. The summed E-state index contributed by atoms with van der Waals surface area (Å²) >= 11 is 0. The van der Waals surface area contributed by atoms with Crippen molar-refractivity contribution < 1.29 is 9.52 Å². The average Bonchev–Trinajstić information content (AvgIpc) is 2.95. The van der Waals surface area contributed by atoms with E-state index in [2.05, 4.69) is 20.8 Å². The van der Waals surface area contributed by atoms with E-state index < -0.39 is 5.60 Å². The minimum absolute atomic E-state index is 0.112. The molecule has 0 radical (unpaired) electrons. The van der Waals surface area contributed by atoms with E-state index in [9.17, 15) is 9.90 Å². The van der Waals surface area contributed by atoms with Gasteiger partial charge >= 0.3 is 5.63 Å². The molecular weight excluding hydrogens is 348 g/mol. The average molecular weight is 385 g/mol. The van der Waals surface area contributed by atoms with Crippen LogP contribution in [0.2, 0.25) is 0 Å². The molecule has 0 bridgehead atoms. The Bertz CT molecular complexity index is 794. The van der Waals surface area contributed by atoms with Crippen molar-refractivity contribution in [2.45, 2.75) is 90.1 Å². The maximum Gasteiger partial charge on any atom is 0.335 e. The minimum atomic E-state index is -0.576. The normalized spacial score (nSPS) is 50.5. The van der Waals surface area contributed by atoms with E-state index in [1.807, 2.05) is 6.07 Å². The fraction of sp³-hybridized carbons (Fsp3) is 0.800. The number of hydrogen-bond donors (Lipinski definition) is 1. The van der Waals surface area contributed by atoms with Crippen molar-refractivity contribution in [3.8, 4) is 0 Å². The molecule has 8 unspecified atom stereocenters. The molecule has 0 saturated heterocycles. The SMILES string of the molecule is CC1CCC2(C)C(CCC3C2CCC2(C)C(c4ccc(=O)oc4)CCC32O)C1. The lowest BCUT2D eigenvalue weighted by molar-refractivity contribution is -0.203. The Morgan fingerprint density at radius 2 is 1.82 bits per heavy atom. The lowest BCUT2D eigenvalue weighted by Crippen LogP contribution is -2.61. The Hall–Kier alpha value is -1.09. The van der Waals surface area contributed by atoms with Crippen molar-refractivity contribution in [2.75, 3.05) is 0 Å². The van der Waals surface area contributed by atoms with Crippen LogP contribution in [0.5, 0.6) is 0 Å². The molecule has 0 amide bonds. The number of aliphatic hydroxyl groups is 1. The molecule has 4 saturated carbocycles. The molecule has 4 aliphatic rings. The monoisotopic (exact) mass is 384 g/mol. The zero-order valence-corrected chi connectivity index (χ0v) is 17.7. The molecule has 154 valence electrons. The molecule has 28 heavy (non-hydrogen) atoms. The van der Waals surface area contributed by atoms with Crippen molar-refractivity contribution in [3.63, 3.8) is 0 Å². The van der Waals surface area contributed by atoms with E-state index in [0.29, 0.717) is 23.2 Å². The van der Waals surface area contributed by atoms with Gasteiger partial charge < -0.3 is 9.52 Å². The Kier molecular flexibility index (Phi) is 4.19. The molecule has 3 nitrogen and oxygen atoms in total. The van der Waals surface area contributed by atoms with Gasteiger partial charge in [0.2, 0.25) is 0 Å². The van der Waals surface area contributed by atoms with Crippen LogP contribution in [0.15, 0.2) is 27.6 Å². The van der Waals surface area contributed by atoms with Gasteiger partial charge in [0.1, 0.15) is 0 Å². The summed E-state index contributed by atoms with van der Waals surface area (Å²) in [5.74, 6) is 3.12. The molecule has 1 aromatic rings. The highest BCUT2D eigenvalue weighted by molar-refractivity contribution is 5.27. The molecule has 1 aromatic heterocycles. The topological polar surface area (TPSA) is 50.4 Å². The van der Waals surface area contributed by atoms with E-state index in [1.54, 1.807) is 6.26 Å². The summed E-state index contributed by atoms with van der Waals surface area (Å²) in [4.78, 5) is 11.4. The third-order valence-electron chi connectivity index (χ3n) is 10.2. The predicted molar refractivity (Wildman–Crippen MR) is 110 cm³/mol.